The molecule has 0 radical (unpaired) electrons. The van der Waals surface area contributed by atoms with Crippen LogP contribution in [0.15, 0.2) is 71.4 Å². The zero-order valence-electron chi connectivity index (χ0n) is 17.5. The average molecular weight is 352 g/mol. The van der Waals surface area contributed by atoms with Crippen molar-refractivity contribution < 1.29 is 0 Å². The van der Waals surface area contributed by atoms with Crippen LogP contribution in [0, 0.1) is 0 Å². The van der Waals surface area contributed by atoms with Crippen LogP contribution in [0.3, 0.4) is 0 Å². The monoisotopic (exact) mass is 351 g/mol. The molecule has 0 aliphatic rings. The Morgan fingerprint density at radius 2 is 1.42 bits per heavy atom. The molecule has 26 heavy (non-hydrogen) atoms. The van der Waals surface area contributed by atoms with Gasteiger partial charge < -0.3 is 0 Å². The lowest BCUT2D eigenvalue weighted by Crippen LogP contribution is -2.18. The summed E-state index contributed by atoms with van der Waals surface area (Å²) in [7, 11) is 2.17. The van der Waals surface area contributed by atoms with Crippen LogP contribution in [0.25, 0.3) is 6.08 Å². The standard InChI is InChI=1S/C25H37N/c1-22(2)12-9-13-23(3)14-10-15-24(4)19-21-26(5)20-11-18-25-16-7-6-8-17-25/h6-8,11-12,14,16-19H,9-10,13,15,20-21H2,1-5H3/b18-11-,23-14+,24-19+. The number of likely N-dealkylation sites (N-methyl/N-ethyl adjacent to an activating group) is 1. The molecular weight excluding hydrogens is 314 g/mol. The molecule has 0 N–H and O–H groups in total. The van der Waals surface area contributed by atoms with Crippen molar-refractivity contribution in [3.63, 3.8) is 0 Å². The molecule has 0 atom stereocenters. The van der Waals surface area contributed by atoms with E-state index < -0.39 is 0 Å². The van der Waals surface area contributed by atoms with Crippen LogP contribution in [0.5, 0.6) is 0 Å². The molecule has 0 unspecified atom stereocenters. The molecule has 0 fully saturated rings. The number of hydrogen-bond acceptors (Lipinski definition) is 1. The fourth-order valence-electron chi connectivity index (χ4n) is 2.66. The maximum atomic E-state index is 2.41. The summed E-state index contributed by atoms with van der Waals surface area (Å²) in [6.45, 7) is 10.8. The third-order valence-corrected chi connectivity index (χ3v) is 4.40. The first-order valence-corrected chi connectivity index (χ1v) is 9.82. The normalized spacial score (nSPS) is 12.8. The molecule has 0 saturated heterocycles. The number of allylic oxidation sites excluding steroid dienone is 5. The van der Waals surface area contributed by atoms with E-state index in [9.17, 15) is 0 Å². The Morgan fingerprint density at radius 1 is 0.808 bits per heavy atom. The zero-order chi connectivity index (χ0) is 19.2. The first-order chi connectivity index (χ1) is 12.5. The Balaban J connectivity index is 2.25. The van der Waals surface area contributed by atoms with E-state index in [1.54, 1.807) is 0 Å². The highest BCUT2D eigenvalue weighted by molar-refractivity contribution is 5.48. The van der Waals surface area contributed by atoms with Gasteiger partial charge in [0.05, 0.1) is 0 Å². The van der Waals surface area contributed by atoms with Crippen LogP contribution in [0.2, 0.25) is 0 Å². The summed E-state index contributed by atoms with van der Waals surface area (Å²) in [5.41, 5.74) is 5.68. The van der Waals surface area contributed by atoms with Crippen LogP contribution in [0.4, 0.5) is 0 Å². The highest BCUT2D eigenvalue weighted by Crippen LogP contribution is 2.11. The Hall–Kier alpha value is -1.86. The topological polar surface area (TPSA) is 3.24 Å². The van der Waals surface area contributed by atoms with Crippen LogP contribution in [-0.2, 0) is 0 Å². The first-order valence-electron chi connectivity index (χ1n) is 9.82. The summed E-state index contributed by atoms with van der Waals surface area (Å²) < 4.78 is 0. The van der Waals surface area contributed by atoms with Gasteiger partial charge in [-0.05, 0) is 66.0 Å². The van der Waals surface area contributed by atoms with Crippen molar-refractivity contribution in [1.29, 1.82) is 0 Å². The minimum Gasteiger partial charge on any atom is -0.299 e. The fourth-order valence-corrected chi connectivity index (χ4v) is 2.66. The second-order valence-electron chi connectivity index (χ2n) is 7.49. The molecule has 1 aromatic carbocycles. The van der Waals surface area contributed by atoms with Gasteiger partial charge in [-0.2, -0.15) is 0 Å². The predicted molar refractivity (Wildman–Crippen MR) is 118 cm³/mol. The molecule has 0 heterocycles. The van der Waals surface area contributed by atoms with Gasteiger partial charge in [-0.25, -0.2) is 0 Å². The Morgan fingerprint density at radius 3 is 2.08 bits per heavy atom. The fraction of sp³-hybridized carbons (Fsp3) is 0.440. The molecule has 0 amide bonds. The van der Waals surface area contributed by atoms with Crippen molar-refractivity contribution in [2.75, 3.05) is 20.1 Å². The van der Waals surface area contributed by atoms with E-state index >= 15 is 0 Å². The van der Waals surface area contributed by atoms with Gasteiger partial charge in [-0.15, -0.1) is 0 Å². The maximum Gasteiger partial charge on any atom is 0.0166 e. The molecule has 0 aromatic heterocycles. The molecule has 0 bridgehead atoms. The smallest absolute Gasteiger partial charge is 0.0166 e. The molecular formula is C25H37N. The Bertz CT molecular complexity index is 613. The Labute approximate surface area is 161 Å². The molecule has 142 valence electrons. The van der Waals surface area contributed by atoms with Crippen molar-refractivity contribution >= 4 is 6.08 Å². The van der Waals surface area contributed by atoms with Crippen LogP contribution in [0.1, 0.15) is 58.9 Å². The van der Waals surface area contributed by atoms with Crippen molar-refractivity contribution in [2.24, 2.45) is 0 Å². The lowest BCUT2D eigenvalue weighted by atomic mass is 10.1. The van der Waals surface area contributed by atoms with Crippen molar-refractivity contribution in [2.45, 2.75) is 53.4 Å². The highest BCUT2D eigenvalue weighted by Gasteiger charge is 1.95. The molecule has 1 rings (SSSR count). The van der Waals surface area contributed by atoms with Gasteiger partial charge in [-0.3, -0.25) is 4.90 Å². The van der Waals surface area contributed by atoms with E-state index in [1.807, 2.05) is 0 Å². The average Bonchev–Trinajstić information content (AvgIpc) is 2.60. The summed E-state index contributed by atoms with van der Waals surface area (Å²) in [6.07, 6.45) is 16.2. The number of nitrogens with zero attached hydrogens (tertiary/aromatic N) is 1. The van der Waals surface area contributed by atoms with Crippen molar-refractivity contribution in [3.05, 3.63) is 76.9 Å². The summed E-state index contributed by atoms with van der Waals surface area (Å²) in [4.78, 5) is 2.34. The van der Waals surface area contributed by atoms with Gasteiger partial charge in [0.25, 0.3) is 0 Å². The summed E-state index contributed by atoms with van der Waals surface area (Å²) >= 11 is 0. The molecule has 0 spiro atoms. The molecule has 0 aliphatic carbocycles. The third kappa shape index (κ3) is 11.7. The molecule has 0 aliphatic heterocycles. The van der Waals surface area contributed by atoms with E-state index in [-0.39, 0.29) is 0 Å². The molecule has 0 saturated carbocycles. The molecule has 1 aromatic rings. The van der Waals surface area contributed by atoms with Crippen LogP contribution < -0.4 is 0 Å². The van der Waals surface area contributed by atoms with Gasteiger partial charge in [0.15, 0.2) is 0 Å². The molecule has 1 nitrogen and oxygen atoms in total. The predicted octanol–water partition coefficient (Wildman–Crippen LogP) is 7.05. The SMILES string of the molecule is CC(C)=CCC/C(C)=C/CC/C(C)=C/CN(C)C/C=C\c1ccccc1. The van der Waals surface area contributed by atoms with Gasteiger partial charge in [0.1, 0.15) is 0 Å². The summed E-state index contributed by atoms with van der Waals surface area (Å²) in [6, 6.07) is 10.5. The lowest BCUT2D eigenvalue weighted by molar-refractivity contribution is 0.412. The second kappa shape index (κ2) is 13.4. The van der Waals surface area contributed by atoms with E-state index in [0.717, 1.165) is 25.9 Å². The van der Waals surface area contributed by atoms with E-state index in [4.69, 9.17) is 0 Å². The highest BCUT2D eigenvalue weighted by atomic mass is 15.1. The Kier molecular flexibility index (Phi) is 11.4. The first kappa shape index (κ1) is 22.2. The van der Waals surface area contributed by atoms with Crippen LogP contribution in [-0.4, -0.2) is 25.0 Å². The van der Waals surface area contributed by atoms with E-state index in [1.165, 1.54) is 35.1 Å². The summed E-state index contributed by atoms with van der Waals surface area (Å²) in [5.74, 6) is 0. The van der Waals surface area contributed by atoms with Gasteiger partial charge in [0.2, 0.25) is 0 Å². The van der Waals surface area contributed by atoms with Crippen molar-refractivity contribution in [3.8, 4) is 0 Å². The van der Waals surface area contributed by atoms with Crippen LogP contribution >= 0.6 is 0 Å². The number of benzene rings is 1. The van der Waals surface area contributed by atoms with Gasteiger partial charge >= 0.3 is 0 Å². The number of rotatable bonds is 11. The zero-order valence-corrected chi connectivity index (χ0v) is 17.5. The lowest BCUT2D eigenvalue weighted by Gasteiger charge is -2.12. The van der Waals surface area contributed by atoms with Crippen molar-refractivity contribution in [1.82, 2.24) is 4.90 Å². The quantitative estimate of drug-likeness (QED) is 0.386. The largest absolute Gasteiger partial charge is 0.299 e. The summed E-state index contributed by atoms with van der Waals surface area (Å²) in [5, 5.41) is 0. The minimum absolute atomic E-state index is 0.974. The van der Waals surface area contributed by atoms with E-state index in [0.29, 0.717) is 0 Å². The van der Waals surface area contributed by atoms with Gasteiger partial charge in [-0.1, -0.05) is 77.4 Å². The minimum atomic E-state index is 0.974. The number of hydrogen-bond donors (Lipinski definition) is 0. The molecule has 1 heteroatoms. The maximum absolute atomic E-state index is 2.41. The van der Waals surface area contributed by atoms with E-state index in [2.05, 4.69) is 100 Å². The third-order valence-electron chi connectivity index (χ3n) is 4.40. The second-order valence-corrected chi connectivity index (χ2v) is 7.49. The van der Waals surface area contributed by atoms with Gasteiger partial charge in [0, 0.05) is 13.1 Å².